The van der Waals surface area contributed by atoms with Gasteiger partial charge < -0.3 is 10.8 Å². The fourth-order valence-electron chi connectivity index (χ4n) is 1.10. The predicted octanol–water partition coefficient (Wildman–Crippen LogP) is 0.881. The molecule has 1 amide bonds. The first kappa shape index (κ1) is 9.74. The van der Waals surface area contributed by atoms with Gasteiger partial charge in [-0.15, -0.1) is 0 Å². The fourth-order valence-corrected chi connectivity index (χ4v) is 1.10. The molecule has 3 nitrogen and oxygen atoms in total. The average Bonchev–Trinajstić information content (AvgIpc) is 2.17. The van der Waals surface area contributed by atoms with Crippen molar-refractivity contribution < 1.29 is 9.90 Å². The third-order valence-electron chi connectivity index (χ3n) is 2.01. The van der Waals surface area contributed by atoms with Crippen LogP contribution in [0.1, 0.15) is 28.8 Å². The van der Waals surface area contributed by atoms with Gasteiger partial charge in [0.2, 0.25) is 5.91 Å². The molecule has 0 fully saturated rings. The number of hydrogen-bond acceptors (Lipinski definition) is 2. The maximum absolute atomic E-state index is 10.8. The maximum Gasteiger partial charge on any atom is 0.248 e. The van der Waals surface area contributed by atoms with Crippen molar-refractivity contribution in [3.05, 3.63) is 35.4 Å². The van der Waals surface area contributed by atoms with Crippen molar-refractivity contribution >= 4 is 5.91 Å². The highest BCUT2D eigenvalue weighted by Gasteiger charge is 2.06. The van der Waals surface area contributed by atoms with Gasteiger partial charge in [-0.1, -0.05) is 19.1 Å². The molecule has 3 heteroatoms. The zero-order valence-electron chi connectivity index (χ0n) is 7.53. The van der Waals surface area contributed by atoms with Crippen LogP contribution < -0.4 is 5.73 Å². The second kappa shape index (κ2) is 4.05. The van der Waals surface area contributed by atoms with Crippen molar-refractivity contribution in [1.29, 1.82) is 0 Å². The summed E-state index contributed by atoms with van der Waals surface area (Å²) in [6.45, 7) is 1.96. The number of nitrogens with two attached hydrogens (primary N) is 1. The van der Waals surface area contributed by atoms with Crippen molar-refractivity contribution in [3.63, 3.8) is 0 Å². The molecule has 0 aliphatic carbocycles. The minimum absolute atomic E-state index is 0.0410. The van der Waals surface area contributed by atoms with Gasteiger partial charge in [0.25, 0.3) is 0 Å². The minimum atomic E-state index is -0.438. The molecule has 0 saturated heterocycles. The van der Waals surface area contributed by atoms with E-state index in [9.17, 15) is 4.79 Å². The molecule has 0 aliphatic heterocycles. The Kier molecular flexibility index (Phi) is 3.03. The molecule has 0 radical (unpaired) electrons. The van der Waals surface area contributed by atoms with Crippen LogP contribution in [-0.4, -0.2) is 17.6 Å². The lowest BCUT2D eigenvalue weighted by molar-refractivity contribution is 0.1000. The number of rotatable bonds is 3. The number of hydrogen-bond donors (Lipinski definition) is 2. The van der Waals surface area contributed by atoms with Gasteiger partial charge in [0.1, 0.15) is 0 Å². The summed E-state index contributed by atoms with van der Waals surface area (Å²) in [4.78, 5) is 10.8. The first-order chi connectivity index (χ1) is 6.15. The van der Waals surface area contributed by atoms with E-state index in [0.29, 0.717) is 5.56 Å². The summed E-state index contributed by atoms with van der Waals surface area (Å²) in [5.41, 5.74) is 6.54. The number of aliphatic hydroxyl groups excluding tert-OH is 1. The molecule has 1 aromatic carbocycles. The number of benzene rings is 1. The van der Waals surface area contributed by atoms with E-state index in [0.717, 1.165) is 5.56 Å². The van der Waals surface area contributed by atoms with E-state index >= 15 is 0 Å². The van der Waals surface area contributed by atoms with Crippen molar-refractivity contribution in [2.24, 2.45) is 5.73 Å². The highest BCUT2D eigenvalue weighted by molar-refractivity contribution is 5.92. The summed E-state index contributed by atoms with van der Waals surface area (Å²) in [5, 5.41) is 8.90. The van der Waals surface area contributed by atoms with Crippen LogP contribution in [-0.2, 0) is 0 Å². The second-order valence-electron chi connectivity index (χ2n) is 3.07. The lowest BCUT2D eigenvalue weighted by Gasteiger charge is -2.08. The van der Waals surface area contributed by atoms with Gasteiger partial charge in [-0.05, 0) is 17.7 Å². The molecular weight excluding hydrogens is 166 g/mol. The lowest BCUT2D eigenvalue weighted by atomic mass is 10.00. The number of carbonyl (C=O) groups excluding carboxylic acids is 1. The van der Waals surface area contributed by atoms with Crippen LogP contribution >= 0.6 is 0 Å². The topological polar surface area (TPSA) is 63.3 Å². The van der Waals surface area contributed by atoms with Crippen LogP contribution in [0.4, 0.5) is 0 Å². The minimum Gasteiger partial charge on any atom is -0.396 e. The van der Waals surface area contributed by atoms with E-state index in [2.05, 4.69) is 0 Å². The summed E-state index contributed by atoms with van der Waals surface area (Å²) in [6, 6.07) is 7.01. The summed E-state index contributed by atoms with van der Waals surface area (Å²) in [5.74, 6) is -0.397. The Morgan fingerprint density at radius 1 is 1.62 bits per heavy atom. The summed E-state index contributed by atoms with van der Waals surface area (Å²) >= 11 is 0. The van der Waals surface area contributed by atoms with E-state index < -0.39 is 5.91 Å². The predicted molar refractivity (Wildman–Crippen MR) is 50.5 cm³/mol. The van der Waals surface area contributed by atoms with E-state index in [1.54, 1.807) is 18.2 Å². The second-order valence-corrected chi connectivity index (χ2v) is 3.07. The molecule has 0 heterocycles. The lowest BCUT2D eigenvalue weighted by Crippen LogP contribution is -2.11. The fraction of sp³-hybridized carbons (Fsp3) is 0.300. The molecule has 3 N–H and O–H groups in total. The average molecular weight is 179 g/mol. The summed E-state index contributed by atoms with van der Waals surface area (Å²) in [6.07, 6.45) is 0. The Balaban J connectivity index is 2.98. The SMILES string of the molecule is CC(CO)c1cccc(C(N)=O)c1. The maximum atomic E-state index is 10.8. The third kappa shape index (κ3) is 2.29. The largest absolute Gasteiger partial charge is 0.396 e. The molecule has 0 spiro atoms. The third-order valence-corrected chi connectivity index (χ3v) is 2.01. The zero-order chi connectivity index (χ0) is 9.84. The molecule has 1 aromatic rings. The quantitative estimate of drug-likeness (QED) is 0.723. The van der Waals surface area contributed by atoms with E-state index in [4.69, 9.17) is 10.8 Å². The number of primary amides is 1. The monoisotopic (exact) mass is 179 g/mol. The Labute approximate surface area is 77.2 Å². The first-order valence-corrected chi connectivity index (χ1v) is 4.15. The van der Waals surface area contributed by atoms with Gasteiger partial charge in [-0.2, -0.15) is 0 Å². The molecule has 0 bridgehead atoms. The highest BCUT2D eigenvalue weighted by Crippen LogP contribution is 2.15. The Bertz CT molecular complexity index is 310. The van der Waals surface area contributed by atoms with E-state index in [-0.39, 0.29) is 12.5 Å². The number of carbonyl (C=O) groups is 1. The van der Waals surface area contributed by atoms with Crippen molar-refractivity contribution in [1.82, 2.24) is 0 Å². The molecule has 0 aliphatic rings. The van der Waals surface area contributed by atoms with E-state index in [1.807, 2.05) is 13.0 Å². The van der Waals surface area contributed by atoms with Crippen molar-refractivity contribution in [3.8, 4) is 0 Å². The molecule has 1 rings (SSSR count). The molecule has 70 valence electrons. The van der Waals surface area contributed by atoms with Gasteiger partial charge in [-0.3, -0.25) is 4.79 Å². The smallest absolute Gasteiger partial charge is 0.248 e. The van der Waals surface area contributed by atoms with Gasteiger partial charge in [0.15, 0.2) is 0 Å². The van der Waals surface area contributed by atoms with Crippen LogP contribution in [0, 0.1) is 0 Å². The van der Waals surface area contributed by atoms with Crippen LogP contribution in [0.25, 0.3) is 0 Å². The van der Waals surface area contributed by atoms with Crippen LogP contribution in [0.2, 0.25) is 0 Å². The molecule has 1 unspecified atom stereocenters. The molecular formula is C10H13NO2. The van der Waals surface area contributed by atoms with Crippen molar-refractivity contribution in [2.75, 3.05) is 6.61 Å². The van der Waals surface area contributed by atoms with Crippen LogP contribution in [0.15, 0.2) is 24.3 Å². The standard InChI is InChI=1S/C10H13NO2/c1-7(6-12)8-3-2-4-9(5-8)10(11)13/h2-5,7,12H,6H2,1H3,(H2,11,13). The molecule has 1 atom stereocenters. The molecule has 13 heavy (non-hydrogen) atoms. The van der Waals surface area contributed by atoms with Gasteiger partial charge in [0.05, 0.1) is 0 Å². The number of amides is 1. The number of aliphatic hydroxyl groups is 1. The Hall–Kier alpha value is -1.35. The molecule has 0 saturated carbocycles. The normalized spacial score (nSPS) is 12.5. The Morgan fingerprint density at radius 3 is 2.85 bits per heavy atom. The van der Waals surface area contributed by atoms with Gasteiger partial charge >= 0.3 is 0 Å². The highest BCUT2D eigenvalue weighted by atomic mass is 16.3. The van der Waals surface area contributed by atoms with Gasteiger partial charge in [-0.25, -0.2) is 0 Å². The van der Waals surface area contributed by atoms with E-state index in [1.165, 1.54) is 0 Å². The van der Waals surface area contributed by atoms with Crippen LogP contribution in [0.3, 0.4) is 0 Å². The Morgan fingerprint density at radius 2 is 2.31 bits per heavy atom. The zero-order valence-corrected chi connectivity index (χ0v) is 7.53. The summed E-state index contributed by atoms with van der Waals surface area (Å²) < 4.78 is 0. The van der Waals surface area contributed by atoms with Crippen molar-refractivity contribution in [2.45, 2.75) is 12.8 Å². The van der Waals surface area contributed by atoms with Gasteiger partial charge in [0, 0.05) is 18.1 Å². The first-order valence-electron chi connectivity index (χ1n) is 4.15. The summed E-state index contributed by atoms with van der Waals surface area (Å²) in [7, 11) is 0. The van der Waals surface area contributed by atoms with Crippen LogP contribution in [0.5, 0.6) is 0 Å². The molecule has 0 aromatic heterocycles.